The summed E-state index contributed by atoms with van der Waals surface area (Å²) < 4.78 is 37.2. The summed E-state index contributed by atoms with van der Waals surface area (Å²) in [4.78, 5) is 36.9. The van der Waals surface area contributed by atoms with Gasteiger partial charge in [-0.2, -0.15) is 0 Å². The SMILES string of the molecule is COc1cc(CNC(=O)CNC(=O)c2ccc(F)cc2F)ccc1OCC(=O)N(C)C. The number of halogens is 2. The molecule has 31 heavy (non-hydrogen) atoms. The third-order valence-electron chi connectivity index (χ3n) is 4.15. The first-order valence-corrected chi connectivity index (χ1v) is 9.21. The van der Waals surface area contributed by atoms with Crippen LogP contribution in [0.4, 0.5) is 8.78 Å². The van der Waals surface area contributed by atoms with Crippen molar-refractivity contribution in [2.75, 3.05) is 34.4 Å². The Bertz CT molecular complexity index is 966. The fourth-order valence-electron chi connectivity index (χ4n) is 2.40. The number of likely N-dealkylation sites (N-methyl/N-ethyl adjacent to an activating group) is 1. The van der Waals surface area contributed by atoms with Gasteiger partial charge in [-0.25, -0.2) is 8.78 Å². The molecule has 2 rings (SSSR count). The average Bonchev–Trinajstić information content (AvgIpc) is 2.74. The first-order valence-electron chi connectivity index (χ1n) is 9.21. The summed E-state index contributed by atoms with van der Waals surface area (Å²) in [6, 6.07) is 7.48. The highest BCUT2D eigenvalue weighted by molar-refractivity contribution is 5.96. The van der Waals surface area contributed by atoms with E-state index in [1.54, 1.807) is 32.3 Å². The van der Waals surface area contributed by atoms with Crippen LogP contribution in [0, 0.1) is 11.6 Å². The van der Waals surface area contributed by atoms with E-state index < -0.39 is 23.4 Å². The number of methoxy groups -OCH3 is 1. The Morgan fingerprint density at radius 2 is 1.74 bits per heavy atom. The van der Waals surface area contributed by atoms with Crippen LogP contribution in [0.2, 0.25) is 0 Å². The molecule has 0 aromatic heterocycles. The van der Waals surface area contributed by atoms with Crippen LogP contribution in [-0.2, 0) is 16.1 Å². The molecule has 3 amide bonds. The van der Waals surface area contributed by atoms with Gasteiger partial charge in [0.05, 0.1) is 19.2 Å². The first-order chi connectivity index (χ1) is 14.7. The summed E-state index contributed by atoms with van der Waals surface area (Å²) in [5.74, 6) is -2.60. The highest BCUT2D eigenvalue weighted by Gasteiger charge is 2.14. The highest BCUT2D eigenvalue weighted by Crippen LogP contribution is 2.28. The predicted octanol–water partition coefficient (Wildman–Crippen LogP) is 1.49. The lowest BCUT2D eigenvalue weighted by molar-refractivity contribution is -0.130. The second-order valence-electron chi connectivity index (χ2n) is 6.65. The Balaban J connectivity index is 1.86. The molecule has 0 unspecified atom stereocenters. The largest absolute Gasteiger partial charge is 0.493 e. The van der Waals surface area contributed by atoms with Gasteiger partial charge in [0.1, 0.15) is 11.6 Å². The summed E-state index contributed by atoms with van der Waals surface area (Å²) >= 11 is 0. The third-order valence-corrected chi connectivity index (χ3v) is 4.15. The minimum atomic E-state index is -1.01. The number of nitrogens with zero attached hydrogens (tertiary/aromatic N) is 1. The number of amides is 3. The van der Waals surface area contributed by atoms with E-state index >= 15 is 0 Å². The maximum atomic E-state index is 13.6. The van der Waals surface area contributed by atoms with Crippen LogP contribution >= 0.6 is 0 Å². The number of rotatable bonds is 9. The van der Waals surface area contributed by atoms with Gasteiger partial charge in [0.2, 0.25) is 5.91 Å². The summed E-state index contributed by atoms with van der Waals surface area (Å²) in [5.41, 5.74) is 0.328. The molecule has 166 valence electrons. The molecule has 0 aliphatic rings. The van der Waals surface area contributed by atoms with E-state index in [-0.39, 0.29) is 31.2 Å². The van der Waals surface area contributed by atoms with Crippen molar-refractivity contribution in [1.29, 1.82) is 0 Å². The lowest BCUT2D eigenvalue weighted by Gasteiger charge is -2.14. The van der Waals surface area contributed by atoms with Gasteiger partial charge in [0.15, 0.2) is 18.1 Å². The molecule has 10 heteroatoms. The van der Waals surface area contributed by atoms with Crippen molar-refractivity contribution in [3.63, 3.8) is 0 Å². The Morgan fingerprint density at radius 1 is 1.00 bits per heavy atom. The normalized spacial score (nSPS) is 10.2. The van der Waals surface area contributed by atoms with Gasteiger partial charge >= 0.3 is 0 Å². The lowest BCUT2D eigenvalue weighted by atomic mass is 10.2. The van der Waals surface area contributed by atoms with Crippen LogP contribution < -0.4 is 20.1 Å². The van der Waals surface area contributed by atoms with Crippen LogP contribution in [0.1, 0.15) is 15.9 Å². The Kier molecular flexibility index (Phi) is 8.30. The van der Waals surface area contributed by atoms with E-state index in [1.807, 2.05) is 0 Å². The van der Waals surface area contributed by atoms with Gasteiger partial charge in [-0.05, 0) is 29.8 Å². The lowest BCUT2D eigenvalue weighted by Crippen LogP contribution is -2.36. The summed E-state index contributed by atoms with van der Waals surface area (Å²) in [6.45, 7) is -0.401. The molecule has 0 saturated heterocycles. The Hall–Kier alpha value is -3.69. The fraction of sp³-hybridized carbons (Fsp3) is 0.286. The van der Waals surface area contributed by atoms with E-state index in [1.165, 1.54) is 12.0 Å². The van der Waals surface area contributed by atoms with Gasteiger partial charge in [-0.15, -0.1) is 0 Å². The zero-order valence-corrected chi connectivity index (χ0v) is 17.3. The van der Waals surface area contributed by atoms with Crippen molar-refractivity contribution in [2.24, 2.45) is 0 Å². The van der Waals surface area contributed by atoms with Crippen molar-refractivity contribution >= 4 is 17.7 Å². The van der Waals surface area contributed by atoms with Gasteiger partial charge in [-0.3, -0.25) is 14.4 Å². The molecule has 0 bridgehead atoms. The second-order valence-corrected chi connectivity index (χ2v) is 6.65. The summed E-state index contributed by atoms with van der Waals surface area (Å²) in [7, 11) is 4.68. The Morgan fingerprint density at radius 3 is 2.39 bits per heavy atom. The average molecular weight is 435 g/mol. The third kappa shape index (κ3) is 6.95. The molecule has 0 heterocycles. The number of nitrogens with one attached hydrogen (secondary N) is 2. The molecule has 2 aromatic carbocycles. The molecule has 0 atom stereocenters. The zero-order valence-electron chi connectivity index (χ0n) is 17.3. The second kappa shape index (κ2) is 10.9. The molecule has 0 aliphatic carbocycles. The number of carbonyl (C=O) groups excluding carboxylic acids is 3. The van der Waals surface area contributed by atoms with Crippen molar-refractivity contribution in [3.05, 3.63) is 59.2 Å². The predicted molar refractivity (Wildman–Crippen MR) is 108 cm³/mol. The molecule has 0 aliphatic heterocycles. The van der Waals surface area contributed by atoms with Crippen molar-refractivity contribution < 1.29 is 32.6 Å². The van der Waals surface area contributed by atoms with Gasteiger partial charge in [0.25, 0.3) is 11.8 Å². The molecular weight excluding hydrogens is 412 g/mol. The number of ether oxygens (including phenoxy) is 2. The molecular formula is C21H23F2N3O5. The monoisotopic (exact) mass is 435 g/mol. The van der Waals surface area contributed by atoms with Crippen molar-refractivity contribution in [1.82, 2.24) is 15.5 Å². The van der Waals surface area contributed by atoms with Crippen LogP contribution in [0.15, 0.2) is 36.4 Å². The molecule has 0 spiro atoms. The first kappa shape index (κ1) is 23.6. The molecule has 8 nitrogen and oxygen atoms in total. The van der Waals surface area contributed by atoms with Crippen molar-refractivity contribution in [3.8, 4) is 11.5 Å². The molecule has 0 radical (unpaired) electrons. The minimum Gasteiger partial charge on any atom is -0.493 e. The standard InChI is InChI=1S/C21H23F2N3O5/c1-26(2)20(28)12-31-17-7-4-13(8-18(17)30-3)10-24-19(27)11-25-21(29)15-6-5-14(22)9-16(15)23/h4-9H,10-12H2,1-3H3,(H,24,27)(H,25,29). The maximum absolute atomic E-state index is 13.6. The van der Waals surface area contributed by atoms with Gasteiger partial charge in [-0.1, -0.05) is 6.07 Å². The fourth-order valence-corrected chi connectivity index (χ4v) is 2.40. The number of hydrogen-bond donors (Lipinski definition) is 2. The van der Waals surface area contributed by atoms with E-state index in [4.69, 9.17) is 9.47 Å². The van der Waals surface area contributed by atoms with E-state index in [0.29, 0.717) is 23.1 Å². The molecule has 0 fully saturated rings. The summed E-state index contributed by atoms with van der Waals surface area (Å²) in [6.07, 6.45) is 0. The van der Waals surface area contributed by atoms with Crippen LogP contribution in [0.25, 0.3) is 0 Å². The van der Waals surface area contributed by atoms with Gasteiger partial charge < -0.3 is 25.0 Å². The van der Waals surface area contributed by atoms with E-state index in [2.05, 4.69) is 10.6 Å². The number of benzene rings is 2. The van der Waals surface area contributed by atoms with E-state index in [9.17, 15) is 23.2 Å². The smallest absolute Gasteiger partial charge is 0.259 e. The van der Waals surface area contributed by atoms with Gasteiger partial charge in [0, 0.05) is 26.7 Å². The quantitative estimate of drug-likeness (QED) is 0.622. The topological polar surface area (TPSA) is 97.0 Å². The van der Waals surface area contributed by atoms with E-state index in [0.717, 1.165) is 12.1 Å². The number of carbonyl (C=O) groups is 3. The Labute approximate surface area is 178 Å². The van der Waals surface area contributed by atoms with Crippen LogP contribution in [0.3, 0.4) is 0 Å². The minimum absolute atomic E-state index is 0.132. The maximum Gasteiger partial charge on any atom is 0.259 e. The molecule has 2 N–H and O–H groups in total. The van der Waals surface area contributed by atoms with Crippen molar-refractivity contribution in [2.45, 2.75) is 6.54 Å². The zero-order chi connectivity index (χ0) is 23.0. The molecule has 2 aromatic rings. The molecule has 0 saturated carbocycles. The van der Waals surface area contributed by atoms with Crippen LogP contribution in [-0.4, -0.2) is 57.0 Å². The summed E-state index contributed by atoms with van der Waals surface area (Å²) in [5, 5.41) is 4.87. The highest BCUT2D eigenvalue weighted by atomic mass is 19.1. The van der Waals surface area contributed by atoms with Crippen LogP contribution in [0.5, 0.6) is 11.5 Å². The number of hydrogen-bond acceptors (Lipinski definition) is 5.